The van der Waals surface area contributed by atoms with E-state index in [-0.39, 0.29) is 17.8 Å². The molecule has 0 aromatic carbocycles. The summed E-state index contributed by atoms with van der Waals surface area (Å²) in [5.74, 6) is 0.568. The third-order valence-corrected chi connectivity index (χ3v) is 3.85. The molecule has 5 heteroatoms. The highest BCUT2D eigenvalue weighted by molar-refractivity contribution is 5.71. The molecule has 3 atom stereocenters. The van der Waals surface area contributed by atoms with E-state index in [2.05, 4.69) is 17.1 Å². The van der Waals surface area contributed by atoms with E-state index in [1.807, 2.05) is 13.8 Å². The number of hydrogen-bond acceptors (Lipinski definition) is 4. The summed E-state index contributed by atoms with van der Waals surface area (Å²) < 4.78 is 5.26. The van der Waals surface area contributed by atoms with Gasteiger partial charge in [-0.25, -0.2) is 0 Å². The van der Waals surface area contributed by atoms with Gasteiger partial charge in [-0.2, -0.15) is 4.98 Å². The van der Waals surface area contributed by atoms with Crippen molar-refractivity contribution in [3.63, 3.8) is 0 Å². The second-order valence-corrected chi connectivity index (χ2v) is 5.44. The van der Waals surface area contributed by atoms with E-state index in [0.29, 0.717) is 17.6 Å². The number of aliphatic carboxylic acids is 1. The van der Waals surface area contributed by atoms with Crippen molar-refractivity contribution in [1.29, 1.82) is 0 Å². The summed E-state index contributed by atoms with van der Waals surface area (Å²) in [5.41, 5.74) is 0. The van der Waals surface area contributed by atoms with Gasteiger partial charge in [-0.1, -0.05) is 32.3 Å². The predicted molar refractivity (Wildman–Crippen MR) is 65.3 cm³/mol. The molecule has 18 heavy (non-hydrogen) atoms. The first kappa shape index (κ1) is 13.1. The van der Waals surface area contributed by atoms with E-state index in [1.165, 1.54) is 0 Å². The lowest BCUT2D eigenvalue weighted by atomic mass is 9.96. The van der Waals surface area contributed by atoms with Crippen molar-refractivity contribution >= 4 is 5.97 Å². The lowest BCUT2D eigenvalue weighted by Gasteiger charge is -2.10. The molecule has 1 aliphatic carbocycles. The number of hydrogen-bond donors (Lipinski definition) is 1. The summed E-state index contributed by atoms with van der Waals surface area (Å²) in [5, 5.41) is 13.2. The lowest BCUT2D eigenvalue weighted by molar-refractivity contribution is -0.142. The average molecular weight is 252 g/mol. The second-order valence-electron chi connectivity index (χ2n) is 5.44. The van der Waals surface area contributed by atoms with Crippen molar-refractivity contribution in [3.05, 3.63) is 11.7 Å². The van der Waals surface area contributed by atoms with Crippen molar-refractivity contribution in [1.82, 2.24) is 10.1 Å². The molecule has 0 amide bonds. The monoisotopic (exact) mass is 252 g/mol. The Morgan fingerprint density at radius 3 is 2.72 bits per heavy atom. The summed E-state index contributed by atoms with van der Waals surface area (Å²) >= 11 is 0. The van der Waals surface area contributed by atoms with Crippen LogP contribution in [0.3, 0.4) is 0 Å². The Balaban J connectivity index is 2.21. The third kappa shape index (κ3) is 2.40. The quantitative estimate of drug-likeness (QED) is 0.891. The van der Waals surface area contributed by atoms with Crippen molar-refractivity contribution in [2.24, 2.45) is 11.8 Å². The first-order valence-electron chi connectivity index (χ1n) is 6.59. The Kier molecular flexibility index (Phi) is 3.68. The maximum absolute atomic E-state index is 11.3. The molecule has 3 unspecified atom stereocenters. The smallest absolute Gasteiger partial charge is 0.307 e. The van der Waals surface area contributed by atoms with Gasteiger partial charge in [0.25, 0.3) is 0 Å². The van der Waals surface area contributed by atoms with Crippen LogP contribution in [0, 0.1) is 11.8 Å². The number of aromatic nitrogens is 2. The Hall–Kier alpha value is -1.39. The van der Waals surface area contributed by atoms with Crippen LogP contribution in [-0.4, -0.2) is 21.2 Å². The van der Waals surface area contributed by atoms with Gasteiger partial charge in [-0.05, 0) is 18.8 Å². The number of nitrogens with zero attached hydrogens (tertiary/aromatic N) is 2. The average Bonchev–Trinajstić information content (AvgIpc) is 2.95. The van der Waals surface area contributed by atoms with Gasteiger partial charge in [-0.15, -0.1) is 0 Å². The Labute approximate surface area is 107 Å². The van der Waals surface area contributed by atoms with Crippen LogP contribution in [-0.2, 0) is 4.79 Å². The van der Waals surface area contributed by atoms with E-state index in [0.717, 1.165) is 19.3 Å². The fourth-order valence-electron chi connectivity index (χ4n) is 2.65. The molecule has 2 rings (SSSR count). The highest BCUT2D eigenvalue weighted by Gasteiger charge is 2.42. The zero-order valence-electron chi connectivity index (χ0n) is 11.1. The number of carbonyl (C=O) groups is 1. The predicted octanol–water partition coefficient (Wildman–Crippen LogP) is 2.80. The summed E-state index contributed by atoms with van der Waals surface area (Å²) in [6.45, 7) is 6.08. The first-order valence-corrected chi connectivity index (χ1v) is 6.59. The van der Waals surface area contributed by atoms with E-state index in [4.69, 9.17) is 4.52 Å². The number of carboxylic acids is 1. The highest BCUT2D eigenvalue weighted by Crippen LogP contribution is 2.44. The molecule has 5 nitrogen and oxygen atoms in total. The molecule has 1 N–H and O–H groups in total. The maximum atomic E-state index is 11.3. The summed E-state index contributed by atoms with van der Waals surface area (Å²) in [6, 6.07) is 0. The highest BCUT2D eigenvalue weighted by atomic mass is 16.5. The fourth-order valence-corrected chi connectivity index (χ4v) is 2.65. The summed E-state index contributed by atoms with van der Waals surface area (Å²) in [4.78, 5) is 15.6. The van der Waals surface area contributed by atoms with Crippen LogP contribution in [0.1, 0.15) is 63.6 Å². The molecule has 1 aromatic rings. The minimum Gasteiger partial charge on any atom is -0.481 e. The number of carboxylic acid groups (broad SMARTS) is 1. The SMILES string of the molecule is CCC1CC(C(=O)O)C(c2nc(C(C)C)no2)C1. The van der Waals surface area contributed by atoms with E-state index in [9.17, 15) is 9.90 Å². The van der Waals surface area contributed by atoms with Gasteiger partial charge in [0, 0.05) is 5.92 Å². The zero-order valence-corrected chi connectivity index (χ0v) is 11.1. The van der Waals surface area contributed by atoms with Crippen LogP contribution >= 0.6 is 0 Å². The van der Waals surface area contributed by atoms with Crippen molar-refractivity contribution in [2.75, 3.05) is 0 Å². The van der Waals surface area contributed by atoms with Crippen molar-refractivity contribution in [2.45, 2.75) is 51.9 Å². The van der Waals surface area contributed by atoms with Crippen molar-refractivity contribution in [3.8, 4) is 0 Å². The Bertz CT molecular complexity index is 428. The third-order valence-electron chi connectivity index (χ3n) is 3.85. The molecule has 1 heterocycles. The maximum Gasteiger partial charge on any atom is 0.307 e. The second kappa shape index (κ2) is 5.08. The van der Waals surface area contributed by atoms with E-state index >= 15 is 0 Å². The first-order chi connectivity index (χ1) is 8.52. The standard InChI is InChI=1S/C13H20N2O3/c1-4-8-5-9(10(6-8)13(16)17)12-14-11(7(2)3)15-18-12/h7-10H,4-6H2,1-3H3,(H,16,17). The molecule has 1 fully saturated rings. The Morgan fingerprint density at radius 1 is 1.50 bits per heavy atom. The minimum atomic E-state index is -0.750. The van der Waals surface area contributed by atoms with Crippen LogP contribution in [0.2, 0.25) is 0 Å². The normalized spacial score (nSPS) is 27.9. The molecule has 1 aromatic heterocycles. The molecule has 1 saturated carbocycles. The van der Waals surface area contributed by atoms with E-state index < -0.39 is 5.97 Å². The van der Waals surface area contributed by atoms with Crippen LogP contribution < -0.4 is 0 Å². The van der Waals surface area contributed by atoms with Crippen molar-refractivity contribution < 1.29 is 14.4 Å². The molecular weight excluding hydrogens is 232 g/mol. The molecule has 0 radical (unpaired) electrons. The lowest BCUT2D eigenvalue weighted by Crippen LogP contribution is -2.17. The molecule has 100 valence electrons. The van der Waals surface area contributed by atoms with Gasteiger partial charge >= 0.3 is 5.97 Å². The molecular formula is C13H20N2O3. The fraction of sp³-hybridized carbons (Fsp3) is 0.769. The zero-order chi connectivity index (χ0) is 13.3. The summed E-state index contributed by atoms with van der Waals surface area (Å²) in [6.07, 6.45) is 2.56. The van der Waals surface area contributed by atoms with Crippen LogP contribution in [0.4, 0.5) is 0 Å². The largest absolute Gasteiger partial charge is 0.481 e. The number of rotatable bonds is 4. The van der Waals surface area contributed by atoms with Gasteiger partial charge in [0.05, 0.1) is 11.8 Å². The topological polar surface area (TPSA) is 76.2 Å². The summed E-state index contributed by atoms with van der Waals surface area (Å²) in [7, 11) is 0. The van der Waals surface area contributed by atoms with Gasteiger partial charge in [0.15, 0.2) is 5.82 Å². The molecule has 0 spiro atoms. The Morgan fingerprint density at radius 2 is 2.22 bits per heavy atom. The van der Waals surface area contributed by atoms with Gasteiger partial charge in [-0.3, -0.25) is 4.79 Å². The molecule has 1 aliphatic rings. The molecule has 0 aliphatic heterocycles. The van der Waals surface area contributed by atoms with Crippen LogP contribution in [0.25, 0.3) is 0 Å². The minimum absolute atomic E-state index is 0.118. The van der Waals surface area contributed by atoms with Crippen LogP contribution in [0.5, 0.6) is 0 Å². The van der Waals surface area contributed by atoms with Gasteiger partial charge in [0.2, 0.25) is 5.89 Å². The van der Waals surface area contributed by atoms with Gasteiger partial charge < -0.3 is 9.63 Å². The van der Waals surface area contributed by atoms with Crippen LogP contribution in [0.15, 0.2) is 4.52 Å². The molecule has 0 saturated heterocycles. The molecule has 0 bridgehead atoms. The van der Waals surface area contributed by atoms with E-state index in [1.54, 1.807) is 0 Å². The van der Waals surface area contributed by atoms with Gasteiger partial charge in [0.1, 0.15) is 0 Å².